The van der Waals surface area contributed by atoms with Crippen LogP contribution in [0.2, 0.25) is 0 Å². The highest BCUT2D eigenvalue weighted by Gasteiger charge is 2.35. The number of hydrogen-bond acceptors (Lipinski definition) is 3. The van der Waals surface area contributed by atoms with E-state index in [4.69, 9.17) is 0 Å². The Kier molecular flexibility index (Phi) is 3.72. The van der Waals surface area contributed by atoms with Gasteiger partial charge in [-0.25, -0.2) is 4.52 Å². The molecule has 1 aliphatic heterocycles. The van der Waals surface area contributed by atoms with Crippen molar-refractivity contribution >= 4 is 17.3 Å². The highest BCUT2D eigenvalue weighted by molar-refractivity contribution is 6.02. The van der Waals surface area contributed by atoms with Crippen LogP contribution in [-0.2, 0) is 17.8 Å². The van der Waals surface area contributed by atoms with E-state index in [9.17, 15) is 9.59 Å². The van der Waals surface area contributed by atoms with E-state index in [-0.39, 0.29) is 11.8 Å². The summed E-state index contributed by atoms with van der Waals surface area (Å²) >= 11 is 0. The zero-order chi connectivity index (χ0) is 17.4. The second-order valence-corrected chi connectivity index (χ2v) is 6.12. The number of rotatable bonds is 2. The molecule has 2 aromatic heterocycles. The van der Waals surface area contributed by atoms with E-state index in [2.05, 4.69) is 10.4 Å². The molecule has 0 spiro atoms. The molecule has 0 radical (unpaired) electrons. The second-order valence-electron chi connectivity index (χ2n) is 6.12. The van der Waals surface area contributed by atoms with Crippen molar-refractivity contribution in [2.24, 2.45) is 0 Å². The van der Waals surface area contributed by atoms with Crippen molar-refractivity contribution in [2.75, 3.05) is 7.05 Å². The van der Waals surface area contributed by atoms with E-state index in [0.29, 0.717) is 18.5 Å². The Morgan fingerprint density at radius 3 is 2.68 bits per heavy atom. The average Bonchev–Trinajstić information content (AvgIpc) is 3.10. The van der Waals surface area contributed by atoms with Crippen molar-refractivity contribution in [3.63, 3.8) is 0 Å². The topological polar surface area (TPSA) is 66.7 Å². The fourth-order valence-electron chi connectivity index (χ4n) is 3.39. The van der Waals surface area contributed by atoms with Crippen molar-refractivity contribution in [3.8, 4) is 0 Å². The smallest absolute Gasteiger partial charge is 0.258 e. The van der Waals surface area contributed by atoms with Crippen molar-refractivity contribution in [1.29, 1.82) is 0 Å². The number of aromatic nitrogens is 2. The second kappa shape index (κ2) is 6.05. The van der Waals surface area contributed by atoms with E-state index in [1.807, 2.05) is 42.5 Å². The summed E-state index contributed by atoms with van der Waals surface area (Å²) in [5.41, 5.74) is 3.43. The molecule has 0 saturated heterocycles. The third kappa shape index (κ3) is 2.55. The highest BCUT2D eigenvalue weighted by atomic mass is 16.2. The van der Waals surface area contributed by atoms with Crippen LogP contribution in [-0.4, -0.2) is 39.4 Å². The van der Waals surface area contributed by atoms with Gasteiger partial charge >= 0.3 is 0 Å². The van der Waals surface area contributed by atoms with E-state index in [1.54, 1.807) is 28.9 Å². The number of fused-ring (bicyclic) bond motifs is 2. The molecule has 6 heteroatoms. The van der Waals surface area contributed by atoms with Gasteiger partial charge in [0.1, 0.15) is 6.04 Å². The first-order chi connectivity index (χ1) is 12.2. The summed E-state index contributed by atoms with van der Waals surface area (Å²) in [6.45, 7) is 0.414. The third-order valence-electron chi connectivity index (χ3n) is 4.72. The van der Waals surface area contributed by atoms with Gasteiger partial charge in [0.05, 0.1) is 17.3 Å². The minimum Gasteiger partial charge on any atom is -0.357 e. The lowest BCUT2D eigenvalue weighted by molar-refractivity contribution is -0.125. The normalized spacial score (nSPS) is 16.5. The van der Waals surface area contributed by atoms with Crippen LogP contribution in [0.5, 0.6) is 0 Å². The van der Waals surface area contributed by atoms with Gasteiger partial charge in [0.15, 0.2) is 0 Å². The lowest BCUT2D eigenvalue weighted by Gasteiger charge is -2.35. The number of nitrogens with zero attached hydrogens (tertiary/aromatic N) is 3. The molecule has 1 aliphatic rings. The Labute approximate surface area is 145 Å². The molecule has 0 bridgehead atoms. The predicted octanol–water partition coefficient (Wildman–Crippen LogP) is 1.65. The molecule has 3 heterocycles. The van der Waals surface area contributed by atoms with Gasteiger partial charge in [0.2, 0.25) is 5.91 Å². The van der Waals surface area contributed by atoms with Gasteiger partial charge in [-0.2, -0.15) is 5.10 Å². The van der Waals surface area contributed by atoms with E-state index in [1.165, 1.54) is 0 Å². The highest BCUT2D eigenvalue weighted by Crippen LogP contribution is 2.26. The number of carbonyl (C=O) groups is 2. The Bertz CT molecular complexity index is 963. The van der Waals surface area contributed by atoms with E-state index >= 15 is 0 Å². The molecule has 1 N–H and O–H groups in total. The van der Waals surface area contributed by atoms with Gasteiger partial charge in [-0.3, -0.25) is 9.59 Å². The number of likely N-dealkylation sites (N-methyl/N-ethyl adjacent to an activating group) is 1. The van der Waals surface area contributed by atoms with Crippen LogP contribution in [0, 0.1) is 0 Å². The summed E-state index contributed by atoms with van der Waals surface area (Å²) in [4.78, 5) is 27.3. The lowest BCUT2D eigenvalue weighted by atomic mass is 9.93. The first-order valence-corrected chi connectivity index (χ1v) is 8.21. The molecule has 0 unspecified atom stereocenters. The molecular formula is C19H18N4O2. The summed E-state index contributed by atoms with van der Waals surface area (Å²) < 4.78 is 1.67. The van der Waals surface area contributed by atoms with Crippen LogP contribution in [0.4, 0.5) is 0 Å². The number of nitrogens with one attached hydrogen (secondary N) is 1. The zero-order valence-corrected chi connectivity index (χ0v) is 13.8. The molecule has 1 atom stereocenters. The first-order valence-electron chi connectivity index (χ1n) is 8.21. The molecule has 2 amide bonds. The summed E-state index contributed by atoms with van der Waals surface area (Å²) in [5, 5.41) is 6.92. The maximum atomic E-state index is 13.2. The Morgan fingerprint density at radius 1 is 1.12 bits per heavy atom. The third-order valence-corrected chi connectivity index (χ3v) is 4.72. The number of pyridine rings is 1. The quantitative estimate of drug-likeness (QED) is 0.775. The molecule has 6 nitrogen and oxygen atoms in total. The number of benzene rings is 1. The van der Waals surface area contributed by atoms with Crippen LogP contribution < -0.4 is 5.32 Å². The van der Waals surface area contributed by atoms with Gasteiger partial charge in [-0.1, -0.05) is 30.3 Å². The molecular weight excluding hydrogens is 316 g/mol. The van der Waals surface area contributed by atoms with Crippen LogP contribution in [0.1, 0.15) is 21.5 Å². The van der Waals surface area contributed by atoms with Crippen LogP contribution in [0.15, 0.2) is 54.9 Å². The molecule has 0 saturated carbocycles. The lowest BCUT2D eigenvalue weighted by Crippen LogP contribution is -2.51. The van der Waals surface area contributed by atoms with Crippen LogP contribution >= 0.6 is 0 Å². The number of carbonyl (C=O) groups excluding carboxylic acids is 2. The summed E-state index contributed by atoms with van der Waals surface area (Å²) in [6.07, 6.45) is 3.88. The summed E-state index contributed by atoms with van der Waals surface area (Å²) in [5.74, 6) is -0.330. The maximum Gasteiger partial charge on any atom is 0.258 e. The van der Waals surface area contributed by atoms with Crippen LogP contribution in [0.3, 0.4) is 0 Å². The SMILES string of the molecule is CNC(=O)[C@@H]1Cc2ccccc2CN1C(=O)c1cnn2ccccc12. The zero-order valence-electron chi connectivity index (χ0n) is 13.8. The molecule has 126 valence electrons. The standard InChI is InChI=1S/C19H18N4O2/c1-20-18(24)17-10-13-6-2-3-7-14(13)12-22(17)19(25)15-11-21-23-9-5-4-8-16(15)23/h2-9,11,17H,10,12H2,1H3,(H,20,24)/t17-/m0/s1. The molecule has 3 aromatic rings. The number of hydrogen-bond donors (Lipinski definition) is 1. The van der Waals surface area contributed by atoms with Gasteiger partial charge in [-0.15, -0.1) is 0 Å². The van der Waals surface area contributed by atoms with Crippen molar-refractivity contribution < 1.29 is 9.59 Å². The largest absolute Gasteiger partial charge is 0.357 e. The van der Waals surface area contributed by atoms with E-state index in [0.717, 1.165) is 16.6 Å². The minimum atomic E-state index is -0.522. The van der Waals surface area contributed by atoms with Crippen LogP contribution in [0.25, 0.3) is 5.52 Å². The Morgan fingerprint density at radius 2 is 1.88 bits per heavy atom. The fraction of sp³-hybridized carbons (Fsp3) is 0.211. The van der Waals surface area contributed by atoms with Gasteiger partial charge in [0.25, 0.3) is 5.91 Å². The maximum absolute atomic E-state index is 13.2. The summed E-state index contributed by atoms with van der Waals surface area (Å²) in [6, 6.07) is 13.0. The van der Waals surface area contributed by atoms with Crippen molar-refractivity contribution in [1.82, 2.24) is 19.8 Å². The minimum absolute atomic E-state index is 0.153. The molecule has 4 rings (SSSR count). The monoisotopic (exact) mass is 334 g/mol. The molecule has 1 aromatic carbocycles. The fourth-order valence-corrected chi connectivity index (χ4v) is 3.39. The van der Waals surface area contributed by atoms with Crippen molar-refractivity contribution in [3.05, 3.63) is 71.5 Å². The van der Waals surface area contributed by atoms with Crippen molar-refractivity contribution in [2.45, 2.75) is 19.0 Å². The molecule has 0 aliphatic carbocycles. The first kappa shape index (κ1) is 15.4. The number of amides is 2. The van der Waals surface area contributed by atoms with Gasteiger partial charge in [-0.05, 0) is 23.3 Å². The Hall–Kier alpha value is -3.15. The summed E-state index contributed by atoms with van der Waals surface area (Å²) in [7, 11) is 1.60. The van der Waals surface area contributed by atoms with Gasteiger partial charge in [0, 0.05) is 26.2 Å². The molecule has 25 heavy (non-hydrogen) atoms. The van der Waals surface area contributed by atoms with Gasteiger partial charge < -0.3 is 10.2 Å². The molecule has 0 fully saturated rings. The Balaban J connectivity index is 1.76. The average molecular weight is 334 g/mol. The van der Waals surface area contributed by atoms with E-state index < -0.39 is 6.04 Å². The predicted molar refractivity (Wildman–Crippen MR) is 93.1 cm³/mol.